The van der Waals surface area contributed by atoms with E-state index in [9.17, 15) is 4.79 Å². The third kappa shape index (κ3) is 2.86. The van der Waals surface area contributed by atoms with Crippen LogP contribution >= 0.6 is 0 Å². The summed E-state index contributed by atoms with van der Waals surface area (Å²) in [4.78, 5) is 16.5. The molecular weight excluding hydrogens is 316 g/mol. The molecule has 25 heavy (non-hydrogen) atoms. The zero-order valence-corrected chi connectivity index (χ0v) is 13.7. The van der Waals surface area contributed by atoms with Crippen LogP contribution in [0, 0.1) is 0 Å². The summed E-state index contributed by atoms with van der Waals surface area (Å²) in [6.45, 7) is -0.00741. The van der Waals surface area contributed by atoms with Crippen LogP contribution in [0.3, 0.4) is 0 Å². The predicted octanol–water partition coefficient (Wildman–Crippen LogP) is 4.23. The van der Waals surface area contributed by atoms with Gasteiger partial charge in [0.1, 0.15) is 12.1 Å². The van der Waals surface area contributed by atoms with Gasteiger partial charge < -0.3 is 14.5 Å². The van der Waals surface area contributed by atoms with Gasteiger partial charge in [-0.3, -0.25) is 4.79 Å². The minimum absolute atomic E-state index is 0.00741. The monoisotopic (exact) mass is 332 g/mol. The number of carbonyl (C=O) groups excluding carboxylic acids is 1. The Morgan fingerprint density at radius 3 is 2.76 bits per heavy atom. The number of ether oxygens (including phenoxy) is 1. The Morgan fingerprint density at radius 1 is 1.08 bits per heavy atom. The first-order valence-electron chi connectivity index (χ1n) is 7.93. The molecule has 0 radical (unpaired) electrons. The van der Waals surface area contributed by atoms with Crippen molar-refractivity contribution in [2.24, 2.45) is 0 Å². The van der Waals surface area contributed by atoms with E-state index >= 15 is 0 Å². The molecule has 0 unspecified atom stereocenters. The predicted molar refractivity (Wildman–Crippen MR) is 97.5 cm³/mol. The number of fused-ring (bicyclic) bond motifs is 3. The Kier molecular flexibility index (Phi) is 3.91. The highest BCUT2D eigenvalue weighted by Gasteiger charge is 2.15. The molecule has 1 aromatic heterocycles. The number of oxazole rings is 1. The second-order valence-electron chi connectivity index (χ2n) is 5.68. The van der Waals surface area contributed by atoms with Crippen LogP contribution in [-0.2, 0) is 9.53 Å². The van der Waals surface area contributed by atoms with E-state index in [1.807, 2.05) is 60.7 Å². The largest absolute Gasteiger partial charge is 0.435 e. The highest BCUT2D eigenvalue weighted by molar-refractivity contribution is 6.04. The van der Waals surface area contributed by atoms with E-state index in [4.69, 9.17) is 9.15 Å². The summed E-state index contributed by atoms with van der Waals surface area (Å²) in [5, 5.41) is 4.94. The van der Waals surface area contributed by atoms with Crippen LogP contribution in [-0.4, -0.2) is 24.6 Å². The molecule has 0 fully saturated rings. The first-order chi connectivity index (χ1) is 12.3. The average molecular weight is 332 g/mol. The van der Waals surface area contributed by atoms with Gasteiger partial charge in [-0.25, -0.2) is 4.98 Å². The van der Waals surface area contributed by atoms with Crippen LogP contribution < -0.4 is 5.32 Å². The molecule has 1 heterocycles. The van der Waals surface area contributed by atoms with Gasteiger partial charge >= 0.3 is 0 Å². The Bertz CT molecular complexity index is 1070. The SMILES string of the molecule is COCC(=O)Nc1ccccc1-c1nc2ccc3ccccc3c2o1. The number of hydrogen-bond donors (Lipinski definition) is 1. The van der Waals surface area contributed by atoms with Gasteiger partial charge in [-0.15, -0.1) is 0 Å². The molecule has 5 heteroatoms. The lowest BCUT2D eigenvalue weighted by Gasteiger charge is -2.08. The zero-order chi connectivity index (χ0) is 17.2. The molecule has 0 saturated heterocycles. The fourth-order valence-corrected chi connectivity index (χ4v) is 2.87. The first-order valence-corrected chi connectivity index (χ1v) is 7.93. The summed E-state index contributed by atoms with van der Waals surface area (Å²) in [7, 11) is 1.48. The van der Waals surface area contributed by atoms with E-state index in [-0.39, 0.29) is 12.5 Å². The van der Waals surface area contributed by atoms with E-state index in [2.05, 4.69) is 10.3 Å². The number of para-hydroxylation sites is 1. The summed E-state index contributed by atoms with van der Waals surface area (Å²) < 4.78 is 10.9. The lowest BCUT2D eigenvalue weighted by Crippen LogP contribution is -2.17. The maximum atomic E-state index is 11.9. The van der Waals surface area contributed by atoms with Crippen molar-refractivity contribution in [1.82, 2.24) is 4.98 Å². The van der Waals surface area contributed by atoms with Gasteiger partial charge in [0.2, 0.25) is 11.8 Å². The molecule has 124 valence electrons. The molecule has 1 N–H and O–H groups in total. The van der Waals surface area contributed by atoms with Crippen LogP contribution in [0.2, 0.25) is 0 Å². The van der Waals surface area contributed by atoms with Crippen molar-refractivity contribution in [3.8, 4) is 11.5 Å². The van der Waals surface area contributed by atoms with Gasteiger partial charge in [0.15, 0.2) is 5.58 Å². The third-order valence-corrected chi connectivity index (χ3v) is 3.99. The maximum Gasteiger partial charge on any atom is 0.250 e. The topological polar surface area (TPSA) is 64.4 Å². The molecule has 5 nitrogen and oxygen atoms in total. The quantitative estimate of drug-likeness (QED) is 0.607. The summed E-state index contributed by atoms with van der Waals surface area (Å²) in [6, 6.07) is 19.4. The number of aromatic nitrogens is 1. The molecule has 0 aliphatic carbocycles. The van der Waals surface area contributed by atoms with Crippen molar-refractivity contribution in [3.63, 3.8) is 0 Å². The molecule has 1 amide bonds. The van der Waals surface area contributed by atoms with Crippen LogP contribution in [0.5, 0.6) is 0 Å². The minimum atomic E-state index is -0.225. The zero-order valence-electron chi connectivity index (χ0n) is 13.7. The highest BCUT2D eigenvalue weighted by atomic mass is 16.5. The minimum Gasteiger partial charge on any atom is -0.435 e. The van der Waals surface area contributed by atoms with Crippen LogP contribution in [0.15, 0.2) is 65.1 Å². The molecular formula is C20H16N2O3. The smallest absolute Gasteiger partial charge is 0.250 e. The number of nitrogens with zero attached hydrogens (tertiary/aromatic N) is 1. The normalized spacial score (nSPS) is 11.1. The van der Waals surface area contributed by atoms with Crippen molar-refractivity contribution in [2.45, 2.75) is 0 Å². The van der Waals surface area contributed by atoms with Crippen LogP contribution in [0.1, 0.15) is 0 Å². The van der Waals surface area contributed by atoms with Crippen LogP contribution in [0.25, 0.3) is 33.3 Å². The van der Waals surface area contributed by atoms with E-state index < -0.39 is 0 Å². The van der Waals surface area contributed by atoms with Crippen molar-refractivity contribution in [2.75, 3.05) is 19.0 Å². The Morgan fingerprint density at radius 2 is 1.88 bits per heavy atom. The number of methoxy groups -OCH3 is 1. The number of carbonyl (C=O) groups is 1. The maximum absolute atomic E-state index is 11.9. The second-order valence-corrected chi connectivity index (χ2v) is 5.68. The molecule has 4 rings (SSSR count). The molecule has 0 aliphatic heterocycles. The average Bonchev–Trinajstić information content (AvgIpc) is 3.07. The standard InChI is InChI=1S/C20H16N2O3/c1-24-12-18(23)21-16-9-5-4-8-15(16)20-22-17-11-10-13-6-2-3-7-14(13)19(17)25-20/h2-11H,12H2,1H3,(H,21,23). The van der Waals surface area contributed by atoms with E-state index in [1.165, 1.54) is 7.11 Å². The fraction of sp³-hybridized carbons (Fsp3) is 0.100. The van der Waals surface area contributed by atoms with Crippen LogP contribution in [0.4, 0.5) is 5.69 Å². The van der Waals surface area contributed by atoms with E-state index in [0.29, 0.717) is 11.6 Å². The Balaban J connectivity index is 1.82. The molecule has 0 atom stereocenters. The van der Waals surface area contributed by atoms with Gasteiger partial charge in [0, 0.05) is 12.5 Å². The Labute approximate surface area is 144 Å². The lowest BCUT2D eigenvalue weighted by atomic mass is 10.1. The van der Waals surface area contributed by atoms with E-state index in [0.717, 1.165) is 27.4 Å². The molecule has 0 aliphatic rings. The second kappa shape index (κ2) is 6.37. The number of nitrogens with one attached hydrogen (secondary N) is 1. The van der Waals surface area contributed by atoms with Crippen molar-refractivity contribution >= 4 is 33.5 Å². The molecule has 0 saturated carbocycles. The number of rotatable bonds is 4. The summed E-state index contributed by atoms with van der Waals surface area (Å²) in [6.07, 6.45) is 0. The fourth-order valence-electron chi connectivity index (χ4n) is 2.87. The summed E-state index contributed by atoms with van der Waals surface area (Å²) >= 11 is 0. The van der Waals surface area contributed by atoms with E-state index in [1.54, 1.807) is 0 Å². The number of anilines is 1. The molecule has 4 aromatic rings. The summed E-state index contributed by atoms with van der Waals surface area (Å²) in [5.41, 5.74) is 2.89. The molecule has 0 bridgehead atoms. The number of benzene rings is 3. The molecule has 0 spiro atoms. The van der Waals surface area contributed by atoms with Crippen molar-refractivity contribution in [3.05, 3.63) is 60.7 Å². The van der Waals surface area contributed by atoms with Gasteiger partial charge in [-0.2, -0.15) is 0 Å². The van der Waals surface area contributed by atoms with Crippen molar-refractivity contribution < 1.29 is 13.9 Å². The Hall–Kier alpha value is -3.18. The van der Waals surface area contributed by atoms with Gasteiger partial charge in [-0.05, 0) is 23.6 Å². The van der Waals surface area contributed by atoms with Crippen molar-refractivity contribution in [1.29, 1.82) is 0 Å². The van der Waals surface area contributed by atoms with Gasteiger partial charge in [-0.1, -0.05) is 42.5 Å². The highest BCUT2D eigenvalue weighted by Crippen LogP contribution is 2.33. The number of amides is 1. The summed E-state index contributed by atoms with van der Waals surface area (Å²) in [5.74, 6) is 0.246. The lowest BCUT2D eigenvalue weighted by molar-refractivity contribution is -0.119. The molecule has 3 aromatic carbocycles. The van der Waals surface area contributed by atoms with Gasteiger partial charge in [0.05, 0.1) is 11.3 Å². The number of hydrogen-bond acceptors (Lipinski definition) is 4. The third-order valence-electron chi connectivity index (χ3n) is 3.99. The first kappa shape index (κ1) is 15.4. The van der Waals surface area contributed by atoms with Gasteiger partial charge in [0.25, 0.3) is 0 Å².